The number of ether oxygens (including phenoxy) is 1. The van der Waals surface area contributed by atoms with Crippen molar-refractivity contribution in [2.75, 3.05) is 13.1 Å². The summed E-state index contributed by atoms with van der Waals surface area (Å²) in [5.41, 5.74) is 5.03. The van der Waals surface area contributed by atoms with E-state index in [2.05, 4.69) is 66.4 Å². The maximum Gasteiger partial charge on any atom is 0.0974 e. The molecule has 0 aromatic heterocycles. The van der Waals surface area contributed by atoms with Crippen molar-refractivity contribution in [2.45, 2.75) is 87.9 Å². The van der Waals surface area contributed by atoms with Gasteiger partial charge in [-0.1, -0.05) is 61.5 Å². The molecule has 2 nitrogen and oxygen atoms in total. The highest BCUT2D eigenvalue weighted by Crippen LogP contribution is 2.69. The fourth-order valence-electron chi connectivity index (χ4n) is 9.37. The second-order valence-electron chi connectivity index (χ2n) is 12.6. The van der Waals surface area contributed by atoms with Crippen molar-refractivity contribution in [3.05, 3.63) is 71.3 Å². The van der Waals surface area contributed by atoms with Crippen molar-refractivity contribution in [2.24, 2.45) is 11.3 Å². The summed E-state index contributed by atoms with van der Waals surface area (Å²) in [6.07, 6.45) is 16.7. The van der Waals surface area contributed by atoms with Gasteiger partial charge in [-0.05, 0) is 116 Å². The Bertz CT molecular complexity index is 1240. The molecule has 6 aliphatic rings. The van der Waals surface area contributed by atoms with Crippen LogP contribution in [0.1, 0.15) is 76.2 Å². The third-order valence-electron chi connectivity index (χ3n) is 11.2. The number of allylic oxidation sites excluding steroid dienone is 1. The van der Waals surface area contributed by atoms with Crippen molar-refractivity contribution in [3.8, 4) is 0 Å². The molecule has 3 aliphatic carbocycles. The van der Waals surface area contributed by atoms with Gasteiger partial charge < -0.3 is 9.64 Å². The number of rotatable bonds is 2. The molecule has 2 bridgehead atoms. The van der Waals surface area contributed by atoms with Crippen molar-refractivity contribution in [1.82, 2.24) is 4.90 Å². The van der Waals surface area contributed by atoms with Gasteiger partial charge in [0.25, 0.3) is 0 Å². The average Bonchev–Trinajstić information content (AvgIpc) is 3.33. The summed E-state index contributed by atoms with van der Waals surface area (Å²) in [6, 6.07) is 16.8. The smallest absolute Gasteiger partial charge is 0.0974 e. The van der Waals surface area contributed by atoms with Gasteiger partial charge in [-0.15, -0.1) is 0 Å². The predicted molar refractivity (Wildman–Crippen MR) is 138 cm³/mol. The lowest BCUT2D eigenvalue weighted by molar-refractivity contribution is -0.142. The SMILES string of the molecule is C[C@]12CC=C3C=C4CC[C@@H](N5CCC5)C[C@]45CCC3(O5)[C@@H]1CCC2c1ccc2ccccc2c1. The fraction of sp³-hybridized carbons (Fsp3) is 0.562. The van der Waals surface area contributed by atoms with Gasteiger partial charge in [0, 0.05) is 6.04 Å². The summed E-state index contributed by atoms with van der Waals surface area (Å²) in [5, 5.41) is 2.74. The molecule has 34 heavy (non-hydrogen) atoms. The van der Waals surface area contributed by atoms with E-state index in [4.69, 9.17) is 4.74 Å². The number of hydrogen-bond donors (Lipinski definition) is 0. The Labute approximate surface area is 204 Å². The summed E-state index contributed by atoms with van der Waals surface area (Å²) >= 11 is 0. The van der Waals surface area contributed by atoms with Gasteiger partial charge >= 0.3 is 0 Å². The summed E-state index contributed by atoms with van der Waals surface area (Å²) in [5.74, 6) is 1.26. The molecule has 2 heteroatoms. The molecule has 6 atom stereocenters. The molecule has 2 saturated heterocycles. The monoisotopic (exact) mass is 451 g/mol. The fourth-order valence-corrected chi connectivity index (χ4v) is 9.37. The normalized spacial score (nSPS) is 42.9. The molecule has 4 fully saturated rings. The quantitative estimate of drug-likeness (QED) is 0.480. The molecule has 0 N–H and O–H groups in total. The number of likely N-dealkylation sites (tertiary alicyclic amines) is 1. The lowest BCUT2D eigenvalue weighted by Gasteiger charge is -2.55. The second-order valence-corrected chi connectivity index (χ2v) is 12.6. The maximum atomic E-state index is 7.50. The molecular weight excluding hydrogens is 414 g/mol. The summed E-state index contributed by atoms with van der Waals surface area (Å²) in [6.45, 7) is 5.22. The third-order valence-corrected chi connectivity index (χ3v) is 11.2. The molecule has 2 aromatic carbocycles. The number of nitrogens with zero attached hydrogens (tertiary/aromatic N) is 1. The molecule has 0 amide bonds. The van der Waals surface area contributed by atoms with Crippen molar-refractivity contribution in [3.63, 3.8) is 0 Å². The first-order valence-corrected chi connectivity index (χ1v) is 13.9. The van der Waals surface area contributed by atoms with Gasteiger partial charge in [-0.3, -0.25) is 0 Å². The maximum absolute atomic E-state index is 7.50. The molecule has 2 spiro atoms. The molecular formula is C32H37NO. The van der Waals surface area contributed by atoms with Crippen LogP contribution < -0.4 is 0 Å². The van der Waals surface area contributed by atoms with E-state index in [1.165, 1.54) is 81.6 Å². The molecule has 3 aliphatic heterocycles. The first-order valence-electron chi connectivity index (χ1n) is 13.9. The van der Waals surface area contributed by atoms with Crippen LogP contribution in [0.15, 0.2) is 65.8 Å². The van der Waals surface area contributed by atoms with Crippen LogP contribution >= 0.6 is 0 Å². The topological polar surface area (TPSA) is 12.5 Å². The van der Waals surface area contributed by atoms with E-state index in [0.29, 0.717) is 11.8 Å². The summed E-state index contributed by atoms with van der Waals surface area (Å²) < 4.78 is 7.50. The molecule has 0 radical (unpaired) electrons. The van der Waals surface area contributed by atoms with Gasteiger partial charge in [0.1, 0.15) is 0 Å². The lowest BCUT2D eigenvalue weighted by atomic mass is 9.58. The van der Waals surface area contributed by atoms with Gasteiger partial charge in [0.05, 0.1) is 11.2 Å². The van der Waals surface area contributed by atoms with Crippen LogP contribution in [0.5, 0.6) is 0 Å². The first-order chi connectivity index (χ1) is 16.6. The number of hydrogen-bond acceptors (Lipinski definition) is 2. The van der Waals surface area contributed by atoms with Gasteiger partial charge in [0.2, 0.25) is 0 Å². The van der Waals surface area contributed by atoms with Crippen LogP contribution in [0, 0.1) is 11.3 Å². The molecule has 3 heterocycles. The van der Waals surface area contributed by atoms with E-state index >= 15 is 0 Å². The molecule has 176 valence electrons. The van der Waals surface area contributed by atoms with Crippen molar-refractivity contribution in [1.29, 1.82) is 0 Å². The minimum Gasteiger partial charge on any atom is -0.359 e. The Morgan fingerprint density at radius 2 is 1.85 bits per heavy atom. The van der Waals surface area contributed by atoms with Crippen LogP contribution in [0.25, 0.3) is 10.8 Å². The summed E-state index contributed by atoms with van der Waals surface area (Å²) in [4.78, 5) is 2.74. The Kier molecular flexibility index (Phi) is 4.10. The minimum absolute atomic E-state index is 0.0288. The second kappa shape index (κ2) is 6.86. The molecule has 2 unspecified atom stereocenters. The van der Waals surface area contributed by atoms with E-state index in [9.17, 15) is 0 Å². The number of fused-ring (bicyclic) bond motifs is 2. The zero-order valence-electron chi connectivity index (χ0n) is 20.6. The standard InChI is InChI=1S/C32H37NO/c1-30-14-13-26-20-25-9-10-27(33-17-4-18-33)21-31(25)15-16-32(26,34-31)29(30)12-11-28(30)24-8-7-22-5-2-3-6-23(22)19-24/h2-3,5-8,13,19-20,27-29H,4,9-12,14-18,21H2,1H3/t27-,28?,29-,30-,31-,32?/m1/s1. The minimum atomic E-state index is -0.0288. The Morgan fingerprint density at radius 3 is 2.71 bits per heavy atom. The van der Waals surface area contributed by atoms with Crippen LogP contribution in [0.2, 0.25) is 0 Å². The summed E-state index contributed by atoms with van der Waals surface area (Å²) in [7, 11) is 0. The van der Waals surface area contributed by atoms with E-state index < -0.39 is 0 Å². The highest BCUT2D eigenvalue weighted by atomic mass is 16.5. The van der Waals surface area contributed by atoms with Crippen molar-refractivity contribution >= 4 is 10.8 Å². The van der Waals surface area contributed by atoms with Gasteiger partial charge in [-0.2, -0.15) is 0 Å². The van der Waals surface area contributed by atoms with E-state index in [-0.39, 0.29) is 16.6 Å². The third kappa shape index (κ3) is 2.54. The van der Waals surface area contributed by atoms with E-state index in [1.54, 1.807) is 16.7 Å². The lowest BCUT2D eigenvalue weighted by Crippen LogP contribution is -2.56. The van der Waals surface area contributed by atoms with Crippen molar-refractivity contribution < 1.29 is 4.74 Å². The van der Waals surface area contributed by atoms with Crippen LogP contribution in [-0.2, 0) is 4.74 Å². The van der Waals surface area contributed by atoms with E-state index in [0.717, 1.165) is 6.04 Å². The first kappa shape index (κ1) is 20.3. The van der Waals surface area contributed by atoms with E-state index in [1.807, 2.05) is 0 Å². The molecule has 2 saturated carbocycles. The van der Waals surface area contributed by atoms with Gasteiger partial charge in [0.15, 0.2) is 0 Å². The highest BCUT2D eigenvalue weighted by molar-refractivity contribution is 5.83. The van der Waals surface area contributed by atoms with Crippen LogP contribution in [-0.4, -0.2) is 35.2 Å². The Balaban J connectivity index is 1.16. The zero-order valence-corrected chi connectivity index (χ0v) is 20.6. The zero-order chi connectivity index (χ0) is 22.5. The average molecular weight is 452 g/mol. The molecule has 8 rings (SSSR count). The highest BCUT2D eigenvalue weighted by Gasteiger charge is 2.66. The number of benzene rings is 2. The van der Waals surface area contributed by atoms with Gasteiger partial charge in [-0.25, -0.2) is 0 Å². The Morgan fingerprint density at radius 1 is 0.971 bits per heavy atom. The largest absolute Gasteiger partial charge is 0.359 e. The predicted octanol–water partition coefficient (Wildman–Crippen LogP) is 7.16. The van der Waals surface area contributed by atoms with Crippen LogP contribution in [0.3, 0.4) is 0 Å². The van der Waals surface area contributed by atoms with Crippen LogP contribution in [0.4, 0.5) is 0 Å². The Hall–Kier alpha value is -1.90. The molecule has 2 aromatic rings.